The van der Waals surface area contributed by atoms with E-state index < -0.39 is 28.9 Å². The Morgan fingerprint density at radius 1 is 1.24 bits per heavy atom. The van der Waals surface area contributed by atoms with Gasteiger partial charge in [-0.25, -0.2) is 9.97 Å². The SMILES string of the molecule is NC(=O)c1cc(-c2ccc(OCc3cnc(NC4CCOC4)nc3)cc2)c(C(F)(F)F)[nH]c1=O. The van der Waals surface area contributed by atoms with E-state index >= 15 is 0 Å². The summed E-state index contributed by atoms with van der Waals surface area (Å²) >= 11 is 0. The second-order valence-corrected chi connectivity index (χ2v) is 7.60. The number of nitrogens with zero attached hydrogens (tertiary/aromatic N) is 2. The highest BCUT2D eigenvalue weighted by Crippen LogP contribution is 2.35. The normalized spacial score (nSPS) is 15.8. The van der Waals surface area contributed by atoms with E-state index in [1.807, 2.05) is 0 Å². The van der Waals surface area contributed by atoms with Crippen molar-refractivity contribution in [3.05, 3.63) is 69.9 Å². The number of hydrogen-bond acceptors (Lipinski definition) is 7. The third-order valence-corrected chi connectivity index (χ3v) is 5.13. The average molecular weight is 475 g/mol. The zero-order chi connectivity index (χ0) is 24.3. The number of pyridine rings is 1. The molecule has 4 rings (SSSR count). The van der Waals surface area contributed by atoms with Crippen LogP contribution in [-0.2, 0) is 17.5 Å². The summed E-state index contributed by atoms with van der Waals surface area (Å²) in [5.74, 6) is -0.251. The molecule has 9 nitrogen and oxygen atoms in total. The molecule has 0 bridgehead atoms. The molecule has 1 aliphatic heterocycles. The lowest BCUT2D eigenvalue weighted by atomic mass is 10.0. The monoisotopic (exact) mass is 475 g/mol. The molecule has 1 unspecified atom stereocenters. The molecule has 1 aromatic carbocycles. The van der Waals surface area contributed by atoms with Crippen LogP contribution in [0, 0.1) is 0 Å². The predicted octanol–water partition coefficient (Wildman–Crippen LogP) is 2.73. The van der Waals surface area contributed by atoms with Gasteiger partial charge in [-0.05, 0) is 30.2 Å². The first-order valence-corrected chi connectivity index (χ1v) is 10.2. The molecule has 3 heterocycles. The van der Waals surface area contributed by atoms with Crippen LogP contribution >= 0.6 is 0 Å². The second-order valence-electron chi connectivity index (χ2n) is 7.60. The Morgan fingerprint density at radius 2 is 1.94 bits per heavy atom. The van der Waals surface area contributed by atoms with Crippen molar-refractivity contribution in [2.24, 2.45) is 5.73 Å². The van der Waals surface area contributed by atoms with Crippen LogP contribution in [0.4, 0.5) is 19.1 Å². The molecule has 3 aromatic rings. The molecule has 2 aromatic heterocycles. The van der Waals surface area contributed by atoms with Gasteiger partial charge in [0.25, 0.3) is 11.5 Å². The first-order chi connectivity index (χ1) is 16.2. The highest BCUT2D eigenvalue weighted by Gasteiger charge is 2.36. The van der Waals surface area contributed by atoms with Gasteiger partial charge in [-0.15, -0.1) is 0 Å². The maximum absolute atomic E-state index is 13.4. The Labute approximate surface area is 191 Å². The van der Waals surface area contributed by atoms with Crippen molar-refractivity contribution in [2.75, 3.05) is 18.5 Å². The number of carbonyl (C=O) groups excluding carboxylic acids is 1. The number of hydrogen-bond donors (Lipinski definition) is 3. The van der Waals surface area contributed by atoms with Crippen molar-refractivity contribution in [2.45, 2.75) is 25.2 Å². The summed E-state index contributed by atoms with van der Waals surface area (Å²) in [7, 11) is 0. The first kappa shape index (κ1) is 23.2. The highest BCUT2D eigenvalue weighted by molar-refractivity contribution is 5.94. The smallest absolute Gasteiger partial charge is 0.431 e. The molecule has 12 heteroatoms. The number of anilines is 1. The molecule has 0 spiro atoms. The summed E-state index contributed by atoms with van der Waals surface area (Å²) in [5, 5.41) is 3.17. The Kier molecular flexibility index (Phi) is 6.50. The lowest BCUT2D eigenvalue weighted by Gasteiger charge is -2.14. The van der Waals surface area contributed by atoms with E-state index in [9.17, 15) is 22.8 Å². The lowest BCUT2D eigenvalue weighted by molar-refractivity contribution is -0.140. The van der Waals surface area contributed by atoms with Crippen LogP contribution in [0.2, 0.25) is 0 Å². The highest BCUT2D eigenvalue weighted by atomic mass is 19.4. The summed E-state index contributed by atoms with van der Waals surface area (Å²) in [6, 6.07) is 6.74. The first-order valence-electron chi connectivity index (χ1n) is 10.2. The number of benzene rings is 1. The second kappa shape index (κ2) is 9.51. The van der Waals surface area contributed by atoms with E-state index in [0.29, 0.717) is 30.5 Å². The lowest BCUT2D eigenvalue weighted by Crippen LogP contribution is -2.27. The summed E-state index contributed by atoms with van der Waals surface area (Å²) in [5.41, 5.74) is 2.50. The van der Waals surface area contributed by atoms with Gasteiger partial charge in [0.2, 0.25) is 5.95 Å². The van der Waals surface area contributed by atoms with Crippen LogP contribution in [0.25, 0.3) is 11.1 Å². The van der Waals surface area contributed by atoms with Crippen molar-refractivity contribution >= 4 is 11.9 Å². The zero-order valence-corrected chi connectivity index (χ0v) is 17.7. The molecular formula is C22H20F3N5O4. The molecule has 178 valence electrons. The predicted molar refractivity (Wildman–Crippen MR) is 115 cm³/mol. The van der Waals surface area contributed by atoms with Gasteiger partial charge in [0.15, 0.2) is 0 Å². The fourth-order valence-corrected chi connectivity index (χ4v) is 3.40. The molecule has 0 saturated carbocycles. The third kappa shape index (κ3) is 5.34. The Morgan fingerprint density at radius 3 is 2.53 bits per heavy atom. The standard InChI is InChI=1S/C22H20F3N5O4/c23-22(24,25)18-16(7-17(19(26)31)20(32)30-18)13-1-3-15(4-2-13)34-10-12-8-27-21(28-9-12)29-14-5-6-33-11-14/h1-4,7-9,14H,5-6,10-11H2,(H2,26,31)(H,30,32)(H,27,28,29). The number of halogens is 3. The Hall–Kier alpha value is -3.93. The zero-order valence-electron chi connectivity index (χ0n) is 17.7. The minimum absolute atomic E-state index is 0.119. The molecule has 1 fully saturated rings. The number of aromatic amines is 1. The summed E-state index contributed by atoms with van der Waals surface area (Å²) in [4.78, 5) is 33.4. The summed E-state index contributed by atoms with van der Waals surface area (Å²) < 4.78 is 51.3. The average Bonchev–Trinajstić information content (AvgIpc) is 3.31. The van der Waals surface area contributed by atoms with Gasteiger partial charge in [0, 0.05) is 30.1 Å². The Bertz CT molecular complexity index is 1220. The molecule has 1 aliphatic rings. The van der Waals surface area contributed by atoms with E-state index in [-0.39, 0.29) is 23.8 Å². The number of amides is 1. The molecule has 1 atom stereocenters. The van der Waals surface area contributed by atoms with Gasteiger partial charge in [0.1, 0.15) is 23.6 Å². The Balaban J connectivity index is 1.46. The summed E-state index contributed by atoms with van der Waals surface area (Å²) in [6.07, 6.45) is -0.731. The molecule has 0 aliphatic carbocycles. The third-order valence-electron chi connectivity index (χ3n) is 5.13. The molecule has 4 N–H and O–H groups in total. The number of aromatic nitrogens is 3. The minimum atomic E-state index is -4.84. The topological polar surface area (TPSA) is 132 Å². The summed E-state index contributed by atoms with van der Waals surface area (Å²) in [6.45, 7) is 1.45. The van der Waals surface area contributed by atoms with Crippen molar-refractivity contribution in [3.63, 3.8) is 0 Å². The molecular weight excluding hydrogens is 455 g/mol. The van der Waals surface area contributed by atoms with Crippen molar-refractivity contribution in [1.82, 2.24) is 15.0 Å². The molecule has 1 amide bonds. The van der Waals surface area contributed by atoms with E-state index in [4.69, 9.17) is 15.2 Å². The van der Waals surface area contributed by atoms with Crippen molar-refractivity contribution < 1.29 is 27.4 Å². The van der Waals surface area contributed by atoms with Crippen LogP contribution < -0.4 is 21.3 Å². The number of primary amides is 1. The van der Waals surface area contributed by atoms with Gasteiger partial charge in [-0.2, -0.15) is 13.2 Å². The fourth-order valence-electron chi connectivity index (χ4n) is 3.40. The number of nitrogens with one attached hydrogen (secondary N) is 2. The van der Waals surface area contributed by atoms with Crippen molar-refractivity contribution in [3.8, 4) is 16.9 Å². The van der Waals surface area contributed by atoms with E-state index in [1.165, 1.54) is 24.3 Å². The van der Waals surface area contributed by atoms with Crippen LogP contribution in [0.15, 0.2) is 47.5 Å². The van der Waals surface area contributed by atoms with E-state index in [0.717, 1.165) is 12.5 Å². The maximum atomic E-state index is 13.4. The number of nitrogens with two attached hydrogens (primary N) is 1. The van der Waals surface area contributed by atoms with Crippen molar-refractivity contribution in [1.29, 1.82) is 0 Å². The van der Waals surface area contributed by atoms with Crippen LogP contribution in [0.5, 0.6) is 5.75 Å². The van der Waals surface area contributed by atoms with Gasteiger partial charge in [0.05, 0.1) is 12.6 Å². The number of rotatable bonds is 7. The quantitative estimate of drug-likeness (QED) is 0.479. The minimum Gasteiger partial charge on any atom is -0.489 e. The molecule has 0 radical (unpaired) electrons. The molecule has 1 saturated heterocycles. The number of alkyl halides is 3. The molecule has 34 heavy (non-hydrogen) atoms. The number of H-pyrrole nitrogens is 1. The van der Waals surface area contributed by atoms with Gasteiger partial charge in [-0.1, -0.05) is 12.1 Å². The largest absolute Gasteiger partial charge is 0.489 e. The number of ether oxygens (including phenoxy) is 2. The van der Waals surface area contributed by atoms with E-state index in [1.54, 1.807) is 17.4 Å². The number of carbonyl (C=O) groups is 1. The fraction of sp³-hybridized carbons (Fsp3) is 0.273. The van der Waals surface area contributed by atoms with Gasteiger partial charge < -0.3 is 25.5 Å². The van der Waals surface area contributed by atoms with Crippen LogP contribution in [-0.4, -0.2) is 40.1 Å². The maximum Gasteiger partial charge on any atom is 0.431 e. The van der Waals surface area contributed by atoms with Gasteiger partial charge in [-0.3, -0.25) is 9.59 Å². The van der Waals surface area contributed by atoms with Crippen LogP contribution in [0.1, 0.15) is 28.0 Å². The van der Waals surface area contributed by atoms with E-state index in [2.05, 4.69) is 15.3 Å². The van der Waals surface area contributed by atoms with Gasteiger partial charge >= 0.3 is 6.18 Å². The van der Waals surface area contributed by atoms with Crippen LogP contribution in [0.3, 0.4) is 0 Å².